The molecule has 0 radical (unpaired) electrons. The SMILES string of the molecule is CN(C)C(=O)C1(n2cccn2)CCN(CCc2ccccc2)CC1.O=CO.O=CO. The molecule has 164 valence electrons. The molecule has 1 aromatic heterocycles. The number of likely N-dealkylation sites (tertiary alicyclic amines) is 1. The second-order valence-corrected chi connectivity index (χ2v) is 6.97. The highest BCUT2D eigenvalue weighted by molar-refractivity contribution is 5.84. The summed E-state index contributed by atoms with van der Waals surface area (Å²) >= 11 is 0. The standard InChI is InChI=1S/C19H26N4O.2CH2O2/c1-21(2)18(24)19(23-13-6-12-20-23)10-15-22(16-11-19)14-9-17-7-4-3-5-8-17;2*2-1-3/h3-8,12-13H,9-11,14-16H2,1-2H3;2*1H,(H,2,3). The molecule has 0 saturated carbocycles. The molecule has 0 spiro atoms. The maximum Gasteiger partial charge on any atom is 0.290 e. The van der Waals surface area contributed by atoms with Crippen molar-refractivity contribution in [2.24, 2.45) is 0 Å². The van der Waals surface area contributed by atoms with Crippen molar-refractivity contribution >= 4 is 18.9 Å². The molecule has 2 heterocycles. The molecule has 0 atom stereocenters. The van der Waals surface area contributed by atoms with E-state index in [2.05, 4.69) is 40.3 Å². The third-order valence-corrected chi connectivity index (χ3v) is 4.99. The van der Waals surface area contributed by atoms with Crippen LogP contribution in [0.4, 0.5) is 0 Å². The lowest BCUT2D eigenvalue weighted by Crippen LogP contribution is -2.55. The lowest BCUT2D eigenvalue weighted by molar-refractivity contribution is -0.141. The highest BCUT2D eigenvalue weighted by Crippen LogP contribution is 2.31. The molecule has 1 saturated heterocycles. The number of likely N-dealkylation sites (N-methyl/N-ethyl adjacent to an activating group) is 1. The Morgan fingerprint density at radius 2 is 1.67 bits per heavy atom. The fourth-order valence-corrected chi connectivity index (χ4v) is 3.56. The molecule has 1 aliphatic rings. The van der Waals surface area contributed by atoms with Crippen molar-refractivity contribution in [3.63, 3.8) is 0 Å². The molecule has 9 heteroatoms. The summed E-state index contributed by atoms with van der Waals surface area (Å²) in [6, 6.07) is 12.5. The van der Waals surface area contributed by atoms with E-state index in [4.69, 9.17) is 19.8 Å². The molecule has 30 heavy (non-hydrogen) atoms. The van der Waals surface area contributed by atoms with Gasteiger partial charge in [0.05, 0.1) is 0 Å². The zero-order valence-electron chi connectivity index (χ0n) is 17.4. The summed E-state index contributed by atoms with van der Waals surface area (Å²) in [4.78, 5) is 33.7. The van der Waals surface area contributed by atoms with E-state index in [0.29, 0.717) is 0 Å². The average Bonchev–Trinajstić information content (AvgIpc) is 3.29. The van der Waals surface area contributed by atoms with E-state index in [-0.39, 0.29) is 18.9 Å². The van der Waals surface area contributed by atoms with Crippen LogP contribution in [0.1, 0.15) is 18.4 Å². The minimum Gasteiger partial charge on any atom is -0.483 e. The molecule has 0 bridgehead atoms. The van der Waals surface area contributed by atoms with Gasteiger partial charge >= 0.3 is 0 Å². The Bertz CT molecular complexity index is 736. The Morgan fingerprint density at radius 3 is 2.13 bits per heavy atom. The van der Waals surface area contributed by atoms with Gasteiger partial charge in [-0.25, -0.2) is 0 Å². The zero-order chi connectivity index (χ0) is 22.4. The van der Waals surface area contributed by atoms with E-state index in [9.17, 15) is 4.79 Å². The van der Waals surface area contributed by atoms with Crippen molar-refractivity contribution in [1.82, 2.24) is 19.6 Å². The van der Waals surface area contributed by atoms with E-state index in [1.807, 2.05) is 31.0 Å². The lowest BCUT2D eigenvalue weighted by atomic mass is 9.86. The number of nitrogens with zero attached hydrogens (tertiary/aromatic N) is 4. The normalized spacial score (nSPS) is 14.9. The van der Waals surface area contributed by atoms with E-state index in [0.717, 1.165) is 38.9 Å². The number of aromatic nitrogens is 2. The number of carbonyl (C=O) groups is 3. The van der Waals surface area contributed by atoms with Gasteiger partial charge in [0.1, 0.15) is 5.54 Å². The summed E-state index contributed by atoms with van der Waals surface area (Å²) in [6.07, 6.45) is 6.34. The van der Waals surface area contributed by atoms with Gasteiger partial charge in [0.2, 0.25) is 5.91 Å². The molecule has 1 fully saturated rings. The summed E-state index contributed by atoms with van der Waals surface area (Å²) in [6.45, 7) is 2.38. The Morgan fingerprint density at radius 1 is 1.10 bits per heavy atom. The number of hydrogen-bond acceptors (Lipinski definition) is 5. The third kappa shape index (κ3) is 7.00. The number of amides is 1. The van der Waals surface area contributed by atoms with Crippen molar-refractivity contribution < 1.29 is 24.6 Å². The maximum atomic E-state index is 12.9. The first-order chi connectivity index (χ1) is 14.4. The average molecular weight is 418 g/mol. The maximum absolute atomic E-state index is 12.9. The molecule has 1 aromatic carbocycles. The molecule has 1 aliphatic heterocycles. The van der Waals surface area contributed by atoms with Crippen molar-refractivity contribution in [2.45, 2.75) is 24.8 Å². The van der Waals surface area contributed by atoms with Crippen LogP contribution >= 0.6 is 0 Å². The summed E-state index contributed by atoms with van der Waals surface area (Å²) in [7, 11) is 3.66. The van der Waals surface area contributed by atoms with Gasteiger partial charge in [-0.3, -0.25) is 19.1 Å². The van der Waals surface area contributed by atoms with Crippen LogP contribution < -0.4 is 0 Å². The molecule has 0 aliphatic carbocycles. The van der Waals surface area contributed by atoms with Crippen molar-refractivity contribution in [3.05, 3.63) is 54.4 Å². The van der Waals surface area contributed by atoms with Crippen LogP contribution in [-0.2, 0) is 26.3 Å². The second-order valence-electron chi connectivity index (χ2n) is 6.97. The molecular formula is C21H30N4O5. The highest BCUT2D eigenvalue weighted by atomic mass is 16.3. The minimum atomic E-state index is -0.532. The molecular weight excluding hydrogens is 388 g/mol. The molecule has 1 amide bonds. The summed E-state index contributed by atoms with van der Waals surface area (Å²) in [5.74, 6) is 0.147. The van der Waals surface area contributed by atoms with E-state index < -0.39 is 5.54 Å². The lowest BCUT2D eigenvalue weighted by Gasteiger charge is -2.42. The first kappa shape index (κ1) is 24.8. The summed E-state index contributed by atoms with van der Waals surface area (Å²) in [5.41, 5.74) is 0.835. The van der Waals surface area contributed by atoms with E-state index >= 15 is 0 Å². The smallest absolute Gasteiger partial charge is 0.290 e. The topological polar surface area (TPSA) is 116 Å². The van der Waals surface area contributed by atoms with Crippen LogP contribution in [0.3, 0.4) is 0 Å². The number of benzene rings is 1. The van der Waals surface area contributed by atoms with Gasteiger partial charge in [-0.2, -0.15) is 5.10 Å². The molecule has 9 nitrogen and oxygen atoms in total. The Kier molecular flexibility index (Phi) is 10.8. The van der Waals surface area contributed by atoms with Crippen molar-refractivity contribution in [3.8, 4) is 0 Å². The van der Waals surface area contributed by atoms with Crippen LogP contribution in [-0.4, -0.2) is 82.4 Å². The first-order valence-electron chi connectivity index (χ1n) is 9.59. The van der Waals surface area contributed by atoms with Crippen LogP contribution in [0.25, 0.3) is 0 Å². The van der Waals surface area contributed by atoms with Crippen LogP contribution in [0.15, 0.2) is 48.8 Å². The van der Waals surface area contributed by atoms with Gasteiger partial charge in [0.25, 0.3) is 12.9 Å². The predicted octanol–water partition coefficient (Wildman–Crippen LogP) is 1.41. The quantitative estimate of drug-likeness (QED) is 0.705. The molecule has 0 unspecified atom stereocenters. The van der Waals surface area contributed by atoms with Crippen molar-refractivity contribution in [2.75, 3.05) is 33.7 Å². The van der Waals surface area contributed by atoms with E-state index in [1.165, 1.54) is 5.56 Å². The van der Waals surface area contributed by atoms with Gasteiger partial charge in [0, 0.05) is 46.1 Å². The van der Waals surface area contributed by atoms with Crippen molar-refractivity contribution in [1.29, 1.82) is 0 Å². The summed E-state index contributed by atoms with van der Waals surface area (Å²) in [5, 5.41) is 18.2. The Labute approximate surface area is 176 Å². The van der Waals surface area contributed by atoms with Gasteiger partial charge in [-0.1, -0.05) is 30.3 Å². The van der Waals surface area contributed by atoms with Gasteiger partial charge in [-0.05, 0) is 30.9 Å². The Balaban J connectivity index is 0.000000672. The van der Waals surface area contributed by atoms with Gasteiger partial charge < -0.3 is 20.0 Å². The van der Waals surface area contributed by atoms with Gasteiger partial charge in [-0.15, -0.1) is 0 Å². The number of hydrogen-bond donors (Lipinski definition) is 2. The van der Waals surface area contributed by atoms with Crippen LogP contribution in [0.2, 0.25) is 0 Å². The fraction of sp³-hybridized carbons (Fsp3) is 0.429. The fourth-order valence-electron chi connectivity index (χ4n) is 3.56. The molecule has 3 rings (SSSR count). The minimum absolute atomic E-state index is 0.147. The largest absolute Gasteiger partial charge is 0.483 e. The van der Waals surface area contributed by atoms with Crippen LogP contribution in [0.5, 0.6) is 0 Å². The predicted molar refractivity (Wildman–Crippen MR) is 112 cm³/mol. The number of carboxylic acid groups (broad SMARTS) is 2. The second kappa shape index (κ2) is 13.1. The first-order valence-corrected chi connectivity index (χ1v) is 9.59. The monoisotopic (exact) mass is 418 g/mol. The number of carbonyl (C=O) groups excluding carboxylic acids is 1. The number of piperidine rings is 1. The number of rotatable bonds is 5. The third-order valence-electron chi connectivity index (χ3n) is 4.99. The van der Waals surface area contributed by atoms with E-state index in [1.54, 1.807) is 11.1 Å². The van der Waals surface area contributed by atoms with Crippen LogP contribution in [0, 0.1) is 0 Å². The zero-order valence-corrected chi connectivity index (χ0v) is 17.4. The Hall–Kier alpha value is -3.20. The highest BCUT2D eigenvalue weighted by Gasteiger charge is 2.44. The van der Waals surface area contributed by atoms with Gasteiger partial charge in [0.15, 0.2) is 0 Å². The summed E-state index contributed by atoms with van der Waals surface area (Å²) < 4.78 is 1.86. The molecule has 2 aromatic rings. The molecule has 2 N–H and O–H groups in total.